The molecule has 0 aliphatic carbocycles. The lowest BCUT2D eigenvalue weighted by Gasteiger charge is -2.39. The van der Waals surface area contributed by atoms with Crippen LogP contribution >= 0.6 is 0 Å². The largest absolute Gasteiger partial charge is 0.486 e. The van der Waals surface area contributed by atoms with Crippen molar-refractivity contribution in [2.24, 2.45) is 0 Å². The third-order valence-corrected chi connectivity index (χ3v) is 4.22. The standard InChI is InChI=1S/C19H20FNO4/c1-12-7-14(3-5-17(12)20)4-6-18(22)21-10-16(11-21)25-15-8-13(2)24-19(23)9-15/h3,5,7-9,16H,4,6,10-11H2,1-2H3. The molecule has 1 aliphatic heterocycles. The molecule has 132 valence electrons. The molecule has 0 bridgehead atoms. The molecule has 0 N–H and O–H groups in total. The molecule has 5 nitrogen and oxygen atoms in total. The zero-order chi connectivity index (χ0) is 18.0. The van der Waals surface area contributed by atoms with Crippen LogP contribution in [-0.4, -0.2) is 30.0 Å². The summed E-state index contributed by atoms with van der Waals surface area (Å²) in [5.41, 5.74) is 1.09. The van der Waals surface area contributed by atoms with Gasteiger partial charge in [0.2, 0.25) is 5.91 Å². The SMILES string of the molecule is Cc1cc(OC2CN(C(=O)CCc3ccc(F)c(C)c3)C2)cc(=O)o1. The van der Waals surface area contributed by atoms with Crippen LogP contribution in [0.15, 0.2) is 39.5 Å². The van der Waals surface area contributed by atoms with Crippen molar-refractivity contribution in [1.82, 2.24) is 4.90 Å². The Kier molecular flexibility index (Phi) is 4.88. The van der Waals surface area contributed by atoms with Gasteiger partial charge in [-0.2, -0.15) is 0 Å². The van der Waals surface area contributed by atoms with E-state index in [0.29, 0.717) is 43.0 Å². The van der Waals surface area contributed by atoms with Crippen molar-refractivity contribution in [3.05, 3.63) is 63.5 Å². The highest BCUT2D eigenvalue weighted by Crippen LogP contribution is 2.19. The van der Waals surface area contributed by atoms with E-state index in [1.165, 1.54) is 12.1 Å². The second kappa shape index (κ2) is 7.09. The van der Waals surface area contributed by atoms with Crippen molar-refractivity contribution in [3.8, 4) is 5.75 Å². The van der Waals surface area contributed by atoms with E-state index in [1.54, 1.807) is 36.9 Å². The third-order valence-electron chi connectivity index (χ3n) is 4.22. The maximum atomic E-state index is 13.2. The number of carbonyl (C=O) groups is 1. The van der Waals surface area contributed by atoms with E-state index in [2.05, 4.69) is 0 Å². The number of hydrogen-bond acceptors (Lipinski definition) is 4. The van der Waals surface area contributed by atoms with Crippen LogP contribution in [0.3, 0.4) is 0 Å². The first-order valence-electron chi connectivity index (χ1n) is 8.22. The predicted molar refractivity (Wildman–Crippen MR) is 90.2 cm³/mol. The van der Waals surface area contributed by atoms with Gasteiger partial charge in [-0.3, -0.25) is 4.79 Å². The van der Waals surface area contributed by atoms with Gasteiger partial charge >= 0.3 is 5.63 Å². The van der Waals surface area contributed by atoms with E-state index in [9.17, 15) is 14.0 Å². The Morgan fingerprint density at radius 2 is 2.04 bits per heavy atom. The third kappa shape index (κ3) is 4.26. The van der Waals surface area contributed by atoms with Gasteiger partial charge in [-0.05, 0) is 37.5 Å². The number of rotatable bonds is 5. The Labute approximate surface area is 145 Å². The fourth-order valence-electron chi connectivity index (χ4n) is 2.82. The molecular formula is C19H20FNO4. The average Bonchev–Trinajstić information content (AvgIpc) is 2.50. The van der Waals surface area contributed by atoms with E-state index in [4.69, 9.17) is 9.15 Å². The van der Waals surface area contributed by atoms with Crippen LogP contribution in [0.25, 0.3) is 0 Å². The minimum Gasteiger partial charge on any atom is -0.486 e. The number of amides is 1. The molecule has 0 spiro atoms. The number of nitrogens with zero attached hydrogens (tertiary/aromatic N) is 1. The first kappa shape index (κ1) is 17.2. The number of benzene rings is 1. The molecule has 1 fully saturated rings. The molecule has 3 rings (SSSR count). The van der Waals surface area contributed by atoms with Gasteiger partial charge in [-0.15, -0.1) is 0 Å². The maximum Gasteiger partial charge on any atom is 0.339 e. The average molecular weight is 345 g/mol. The maximum absolute atomic E-state index is 13.2. The Morgan fingerprint density at radius 3 is 2.72 bits per heavy atom. The molecule has 2 aromatic rings. The first-order valence-corrected chi connectivity index (χ1v) is 8.22. The van der Waals surface area contributed by atoms with E-state index >= 15 is 0 Å². The Bertz CT molecular complexity index is 840. The topological polar surface area (TPSA) is 59.8 Å². The van der Waals surface area contributed by atoms with Crippen molar-refractivity contribution >= 4 is 5.91 Å². The van der Waals surface area contributed by atoms with E-state index in [1.807, 2.05) is 0 Å². The quantitative estimate of drug-likeness (QED) is 0.836. The summed E-state index contributed by atoms with van der Waals surface area (Å²) in [6.45, 7) is 4.40. The van der Waals surface area contributed by atoms with E-state index in [0.717, 1.165) is 5.56 Å². The van der Waals surface area contributed by atoms with Gasteiger partial charge in [0, 0.05) is 12.5 Å². The highest BCUT2D eigenvalue weighted by molar-refractivity contribution is 5.77. The number of ether oxygens (including phenoxy) is 1. The summed E-state index contributed by atoms with van der Waals surface area (Å²) in [5, 5.41) is 0. The Morgan fingerprint density at radius 1 is 1.28 bits per heavy atom. The van der Waals surface area contributed by atoms with Crippen LogP contribution in [0, 0.1) is 19.7 Å². The molecule has 0 radical (unpaired) electrons. The molecule has 1 aliphatic rings. The summed E-state index contributed by atoms with van der Waals surface area (Å²) in [6.07, 6.45) is 0.852. The summed E-state index contributed by atoms with van der Waals surface area (Å²) in [6, 6.07) is 7.87. The lowest BCUT2D eigenvalue weighted by Crippen LogP contribution is -2.56. The minimum atomic E-state index is -0.447. The summed E-state index contributed by atoms with van der Waals surface area (Å²) >= 11 is 0. The van der Waals surface area contributed by atoms with Crippen molar-refractivity contribution in [2.45, 2.75) is 32.8 Å². The normalized spacial score (nSPS) is 14.3. The molecule has 1 aromatic heterocycles. The summed E-state index contributed by atoms with van der Waals surface area (Å²) in [5.74, 6) is 0.769. The highest BCUT2D eigenvalue weighted by atomic mass is 19.1. The Balaban J connectivity index is 1.46. The van der Waals surface area contributed by atoms with Crippen molar-refractivity contribution in [2.75, 3.05) is 13.1 Å². The molecule has 0 saturated carbocycles. The first-order chi connectivity index (χ1) is 11.9. The van der Waals surface area contributed by atoms with Gasteiger partial charge in [-0.25, -0.2) is 9.18 Å². The van der Waals surface area contributed by atoms with Crippen LogP contribution in [0.5, 0.6) is 5.75 Å². The van der Waals surface area contributed by atoms with Crippen LogP contribution in [0.4, 0.5) is 4.39 Å². The molecule has 6 heteroatoms. The predicted octanol–water partition coefficient (Wildman–Crippen LogP) is 2.62. The monoisotopic (exact) mass is 345 g/mol. The second-order valence-corrected chi connectivity index (χ2v) is 6.34. The van der Waals surface area contributed by atoms with Crippen molar-refractivity contribution in [1.29, 1.82) is 0 Å². The summed E-state index contributed by atoms with van der Waals surface area (Å²) in [7, 11) is 0. The van der Waals surface area contributed by atoms with Crippen LogP contribution in [-0.2, 0) is 11.2 Å². The summed E-state index contributed by atoms with van der Waals surface area (Å²) < 4.78 is 23.8. The Hall–Kier alpha value is -2.63. The molecule has 2 heterocycles. The molecule has 0 atom stereocenters. The van der Waals surface area contributed by atoms with Gasteiger partial charge in [-0.1, -0.05) is 12.1 Å². The lowest BCUT2D eigenvalue weighted by molar-refractivity contribution is -0.139. The molecule has 1 saturated heterocycles. The number of halogens is 1. The van der Waals surface area contributed by atoms with Crippen molar-refractivity contribution in [3.63, 3.8) is 0 Å². The summed E-state index contributed by atoms with van der Waals surface area (Å²) in [4.78, 5) is 25.2. The van der Waals surface area contributed by atoms with Gasteiger partial charge < -0.3 is 14.1 Å². The fraction of sp³-hybridized carbons (Fsp3) is 0.368. The number of likely N-dealkylation sites (tertiary alicyclic amines) is 1. The fourth-order valence-corrected chi connectivity index (χ4v) is 2.82. The second-order valence-electron chi connectivity index (χ2n) is 6.34. The van der Waals surface area contributed by atoms with E-state index < -0.39 is 5.63 Å². The van der Waals surface area contributed by atoms with Gasteiger partial charge in [0.25, 0.3) is 0 Å². The minimum absolute atomic E-state index is 0.0468. The van der Waals surface area contributed by atoms with Gasteiger partial charge in [0.05, 0.1) is 19.2 Å². The van der Waals surface area contributed by atoms with Crippen LogP contribution < -0.4 is 10.4 Å². The zero-order valence-electron chi connectivity index (χ0n) is 14.3. The molecule has 0 unspecified atom stereocenters. The molecule has 25 heavy (non-hydrogen) atoms. The lowest BCUT2D eigenvalue weighted by atomic mass is 10.0. The van der Waals surface area contributed by atoms with Crippen LogP contribution in [0.2, 0.25) is 0 Å². The molecular weight excluding hydrogens is 325 g/mol. The smallest absolute Gasteiger partial charge is 0.339 e. The number of carbonyl (C=O) groups excluding carboxylic acids is 1. The van der Waals surface area contributed by atoms with Crippen LogP contribution in [0.1, 0.15) is 23.3 Å². The zero-order valence-corrected chi connectivity index (χ0v) is 14.3. The van der Waals surface area contributed by atoms with Gasteiger partial charge in [0.15, 0.2) is 0 Å². The van der Waals surface area contributed by atoms with E-state index in [-0.39, 0.29) is 17.8 Å². The molecule has 1 amide bonds. The van der Waals surface area contributed by atoms with Crippen molar-refractivity contribution < 1.29 is 18.3 Å². The molecule has 1 aromatic carbocycles. The number of aryl methyl sites for hydroxylation is 3. The highest BCUT2D eigenvalue weighted by Gasteiger charge is 2.32. The van der Waals surface area contributed by atoms with Gasteiger partial charge in [0.1, 0.15) is 23.4 Å². The number of hydrogen-bond donors (Lipinski definition) is 0.